The number of amides is 6. The van der Waals surface area contributed by atoms with Crippen LogP contribution in [-0.4, -0.2) is 143 Å². The van der Waals surface area contributed by atoms with Crippen LogP contribution < -0.4 is 42.8 Å². The molecule has 2 atom stereocenters. The number of nitrogens with zero attached hydrogens (tertiary/aromatic N) is 4. The average molecular weight is 1220 g/mol. The van der Waals surface area contributed by atoms with Gasteiger partial charge in [-0.1, -0.05) is 68.2 Å². The van der Waals surface area contributed by atoms with Gasteiger partial charge in [-0.15, -0.1) is 0 Å². The SMILES string of the molecule is CC.CCC.CCC(CC(=O)NCCCCCC(N)=O)OC.CCCN(CC(=O)NCC(N)=O)C(=O)[C@H](CC(=O)O)NC(=O)CCC(C)(C)OCCC(C)C.CSCc1cc2nc(c1)OCCCCNc1cc(F)ccc1-c1nc(ncc1F)N2. The molecule has 0 saturated carbocycles. The summed E-state index contributed by atoms with van der Waals surface area (Å²) in [5, 5.41) is 23.0. The average Bonchev–Trinajstić information content (AvgIpc) is 2.49. The number of aliphatic carboxylic acids is 1. The molecule has 1 unspecified atom stereocenters. The molecule has 6 amide bonds. The van der Waals surface area contributed by atoms with Gasteiger partial charge in [-0.25, -0.2) is 18.7 Å². The van der Waals surface area contributed by atoms with Gasteiger partial charge in [0.25, 0.3) is 0 Å². The van der Waals surface area contributed by atoms with Gasteiger partial charge >= 0.3 is 5.97 Å². The Morgan fingerprint density at radius 1 is 0.906 bits per heavy atom. The number of hydrogen-bond donors (Lipinski definition) is 8. The van der Waals surface area contributed by atoms with Crippen molar-refractivity contribution in [2.24, 2.45) is 17.4 Å². The van der Waals surface area contributed by atoms with Crippen LogP contribution in [-0.2, 0) is 48.8 Å². The summed E-state index contributed by atoms with van der Waals surface area (Å²) in [6.45, 7) is 21.7. The Hall–Kier alpha value is -6.73. The van der Waals surface area contributed by atoms with Gasteiger partial charge in [0.05, 0.1) is 50.4 Å². The molecule has 4 bridgehead atoms. The van der Waals surface area contributed by atoms with Crippen LogP contribution in [0, 0.1) is 17.6 Å². The lowest BCUT2D eigenvalue weighted by Crippen LogP contribution is -2.52. The molecule has 1 aliphatic rings. The van der Waals surface area contributed by atoms with E-state index in [2.05, 4.69) is 69.2 Å². The van der Waals surface area contributed by atoms with Crippen LogP contribution in [0.25, 0.3) is 11.3 Å². The van der Waals surface area contributed by atoms with Gasteiger partial charge in [-0.2, -0.15) is 16.7 Å². The Labute approximate surface area is 507 Å². The molecule has 85 heavy (non-hydrogen) atoms. The molecule has 3 heterocycles. The van der Waals surface area contributed by atoms with Gasteiger partial charge in [0, 0.05) is 69.3 Å². The lowest BCUT2D eigenvalue weighted by Gasteiger charge is -2.28. The number of nitrogens with two attached hydrogens (primary N) is 2. The number of nitrogens with one attached hydrogen (secondary N) is 5. The van der Waals surface area contributed by atoms with Crippen LogP contribution in [0.4, 0.5) is 26.2 Å². The van der Waals surface area contributed by atoms with E-state index in [0.29, 0.717) is 80.9 Å². The fraction of sp³-hybridized carbons (Fsp3) is 0.633. The lowest BCUT2D eigenvalue weighted by atomic mass is 10.0. The van der Waals surface area contributed by atoms with Crippen LogP contribution in [0.1, 0.15) is 165 Å². The topological polar surface area (TPSA) is 322 Å². The second-order valence-electron chi connectivity index (χ2n) is 20.6. The number of carboxylic acids is 1. The van der Waals surface area contributed by atoms with Gasteiger partial charge in [0.15, 0.2) is 5.82 Å². The number of pyridine rings is 1. The quantitative estimate of drug-likeness (QED) is 0.0301. The minimum atomic E-state index is -1.32. The van der Waals surface area contributed by atoms with E-state index < -0.39 is 59.3 Å². The van der Waals surface area contributed by atoms with Gasteiger partial charge in [-0.05, 0) is 107 Å². The molecular weight excluding hydrogens is 1120 g/mol. The highest BCUT2D eigenvalue weighted by Gasteiger charge is 2.30. The summed E-state index contributed by atoms with van der Waals surface area (Å²) in [5.41, 5.74) is 11.5. The van der Waals surface area contributed by atoms with E-state index >= 15 is 0 Å². The molecule has 0 radical (unpaired) electrons. The van der Waals surface area contributed by atoms with Crippen molar-refractivity contribution in [1.82, 2.24) is 35.8 Å². The third-order valence-corrected chi connectivity index (χ3v) is 12.5. The first-order valence-electron chi connectivity index (χ1n) is 29.4. The normalized spacial score (nSPS) is 12.3. The molecule has 22 nitrogen and oxygen atoms in total. The molecule has 480 valence electrons. The largest absolute Gasteiger partial charge is 0.481 e. The maximum Gasteiger partial charge on any atom is 0.305 e. The molecule has 2 aromatic heterocycles. The van der Waals surface area contributed by atoms with E-state index in [1.54, 1.807) is 25.8 Å². The number of methoxy groups -OCH3 is 1. The molecule has 4 rings (SSSR count). The minimum absolute atomic E-state index is 0.00450. The standard InChI is InChI=1S/C22H40N4O7.C21H21F2N5OS.C12H24N2O3.C3H8.C2H6/c1-6-10-26(14-19(29)24-13-17(23)27)21(32)16(12-20(30)31)25-18(28)7-9-22(4,5)33-11-8-15(2)3;1-30-12-13-8-18-26-19(9-13)29-7-3-2-6-24-17-10-14(22)4-5-15(17)20-16(23)11-25-21(27-18)28-20;1-3-10(17-2)9-12(16)14-8-6-4-5-7-11(13)15;1-3-2;1-2/h15-16H,6-14H2,1-5H3,(H2,23,27)(H,24,29)(H,25,28)(H,30,31);4-5,8-11,24H,2-3,6-7,12H2,1H3,(H,25,26,27,28);10H,3-9H2,1-2H3,(H2,13,15)(H,14,16);3H2,1-2H3;1-2H3/t16-;;;;/m0..../s1. The number of thioether (sulfide) groups is 1. The smallest absolute Gasteiger partial charge is 0.305 e. The summed E-state index contributed by atoms with van der Waals surface area (Å²) in [6, 6.07) is 6.63. The van der Waals surface area contributed by atoms with Gasteiger partial charge in [0.1, 0.15) is 23.4 Å². The van der Waals surface area contributed by atoms with E-state index in [1.807, 2.05) is 53.0 Å². The summed E-state index contributed by atoms with van der Waals surface area (Å²) >= 11 is 1.69. The van der Waals surface area contributed by atoms with Crippen LogP contribution in [0.3, 0.4) is 0 Å². The number of primary amides is 2. The Morgan fingerprint density at radius 2 is 1.61 bits per heavy atom. The van der Waals surface area contributed by atoms with E-state index in [4.69, 9.17) is 25.7 Å². The predicted octanol–water partition coefficient (Wildman–Crippen LogP) is 8.82. The number of halogens is 2. The second-order valence-corrected chi connectivity index (χ2v) is 21.5. The van der Waals surface area contributed by atoms with Crippen molar-refractivity contribution in [2.45, 2.75) is 183 Å². The first kappa shape index (κ1) is 78.3. The Kier molecular flexibility index (Phi) is 42.0. The summed E-state index contributed by atoms with van der Waals surface area (Å²) in [6.07, 6.45) is 11.4. The van der Waals surface area contributed by atoms with E-state index in [0.717, 1.165) is 67.4 Å². The third kappa shape index (κ3) is 36.7. The Bertz CT molecular complexity index is 2460. The van der Waals surface area contributed by atoms with Crippen LogP contribution in [0.5, 0.6) is 5.88 Å². The molecular formula is C60H99F2N11O11S. The summed E-state index contributed by atoms with van der Waals surface area (Å²) in [4.78, 5) is 95.5. The number of unbranched alkanes of at least 4 members (excludes halogenated alkanes) is 2. The molecule has 1 aliphatic heterocycles. The number of rotatable bonds is 29. The van der Waals surface area contributed by atoms with Crippen LogP contribution in [0.15, 0.2) is 36.5 Å². The minimum Gasteiger partial charge on any atom is -0.481 e. The maximum atomic E-state index is 14.6. The van der Waals surface area contributed by atoms with Crippen molar-refractivity contribution >= 4 is 70.6 Å². The Morgan fingerprint density at radius 3 is 2.22 bits per heavy atom. The highest BCUT2D eigenvalue weighted by molar-refractivity contribution is 7.97. The van der Waals surface area contributed by atoms with E-state index in [1.165, 1.54) is 24.6 Å². The molecule has 0 fully saturated rings. The number of fused-ring (bicyclic) bond motifs is 6. The highest BCUT2D eigenvalue weighted by atomic mass is 32.2. The highest BCUT2D eigenvalue weighted by Crippen LogP contribution is 2.31. The third-order valence-electron chi connectivity index (χ3n) is 11.9. The van der Waals surface area contributed by atoms with Crippen molar-refractivity contribution in [3.63, 3.8) is 0 Å². The molecule has 1 aromatic carbocycles. The lowest BCUT2D eigenvalue weighted by molar-refractivity contribution is -0.145. The first-order chi connectivity index (χ1) is 40.4. The molecule has 0 aliphatic carbocycles. The zero-order valence-corrected chi connectivity index (χ0v) is 53.2. The van der Waals surface area contributed by atoms with Crippen LogP contribution in [0.2, 0.25) is 0 Å². The fourth-order valence-electron chi connectivity index (χ4n) is 7.55. The zero-order chi connectivity index (χ0) is 64.3. The van der Waals surface area contributed by atoms with Gasteiger partial charge < -0.3 is 62.3 Å². The van der Waals surface area contributed by atoms with Crippen molar-refractivity contribution in [3.05, 3.63) is 53.7 Å². The zero-order valence-electron chi connectivity index (χ0n) is 52.4. The maximum absolute atomic E-state index is 14.6. The molecule has 3 aromatic rings. The number of benzene rings is 1. The summed E-state index contributed by atoms with van der Waals surface area (Å²) < 4.78 is 45.2. The molecule has 10 N–H and O–H groups in total. The molecule has 0 saturated heterocycles. The number of carbonyl (C=O) groups is 7. The second kappa shape index (κ2) is 45.6. The molecule has 25 heteroatoms. The van der Waals surface area contributed by atoms with Gasteiger partial charge in [0.2, 0.25) is 47.3 Å². The first-order valence-corrected chi connectivity index (χ1v) is 30.8. The monoisotopic (exact) mass is 1220 g/mol. The van der Waals surface area contributed by atoms with E-state index in [9.17, 15) is 47.4 Å². The number of carbonyl (C=O) groups excluding carboxylic acids is 6. The van der Waals surface area contributed by atoms with Crippen molar-refractivity contribution in [3.8, 4) is 17.1 Å². The van der Waals surface area contributed by atoms with Gasteiger partial charge in [-0.3, -0.25) is 33.6 Å². The van der Waals surface area contributed by atoms with E-state index in [-0.39, 0.29) is 55.6 Å². The van der Waals surface area contributed by atoms with Crippen LogP contribution >= 0.6 is 11.8 Å². The number of carboxylic acid groups (broad SMARTS) is 1. The Balaban J connectivity index is 0.00000125. The molecule has 0 spiro atoms. The predicted molar refractivity (Wildman–Crippen MR) is 331 cm³/mol. The number of anilines is 3. The number of ether oxygens (including phenoxy) is 3. The van der Waals surface area contributed by atoms with Crippen molar-refractivity contribution < 1.29 is 61.7 Å². The van der Waals surface area contributed by atoms with Crippen molar-refractivity contribution in [1.29, 1.82) is 0 Å². The summed E-state index contributed by atoms with van der Waals surface area (Å²) in [7, 11) is 1.62. The van der Waals surface area contributed by atoms with Crippen molar-refractivity contribution in [2.75, 3.05) is 69.9 Å². The number of hydrogen-bond acceptors (Lipinski definition) is 16. The number of aromatic nitrogens is 3. The fourth-order valence-corrected chi connectivity index (χ4v) is 8.05. The summed E-state index contributed by atoms with van der Waals surface area (Å²) in [5.74, 6) is -2.50.